The van der Waals surface area contributed by atoms with E-state index in [1.165, 1.54) is 12.4 Å². The number of nitrogens with zero attached hydrogens (tertiary/aromatic N) is 6. The summed E-state index contributed by atoms with van der Waals surface area (Å²) in [6.07, 6.45) is 3.06. The van der Waals surface area contributed by atoms with Gasteiger partial charge >= 0.3 is 0 Å². The molecule has 0 bridgehead atoms. The van der Waals surface area contributed by atoms with Crippen molar-refractivity contribution < 1.29 is 9.59 Å². The quantitative estimate of drug-likeness (QED) is 0.165. The molecule has 2 aromatic heterocycles. The second kappa shape index (κ2) is 10.8. The van der Waals surface area contributed by atoms with Gasteiger partial charge in [-0.05, 0) is 93.0 Å². The Morgan fingerprint density at radius 1 is 0.457 bits per heavy atom. The number of benzene rings is 3. The smallest absolute Gasteiger partial charge is 0.211 e. The molecule has 0 unspecified atom stereocenters. The summed E-state index contributed by atoms with van der Waals surface area (Å²) < 4.78 is 0. The van der Waals surface area contributed by atoms with Crippen LogP contribution < -0.4 is 0 Å². The molecule has 0 amide bonds. The summed E-state index contributed by atoms with van der Waals surface area (Å²) in [6, 6.07) is 32.0. The van der Waals surface area contributed by atoms with Crippen LogP contribution in [0.3, 0.4) is 0 Å². The molecule has 46 heavy (non-hydrogen) atoms. The highest BCUT2D eigenvalue weighted by molar-refractivity contribution is 6.15. The molecule has 8 nitrogen and oxygen atoms in total. The van der Waals surface area contributed by atoms with Crippen LogP contribution in [0.5, 0.6) is 0 Å². The van der Waals surface area contributed by atoms with Crippen molar-refractivity contribution in [3.8, 4) is 46.5 Å². The number of hydrogen-bond acceptors (Lipinski definition) is 8. The van der Waals surface area contributed by atoms with Crippen LogP contribution in [-0.2, 0) is 0 Å². The van der Waals surface area contributed by atoms with E-state index >= 15 is 0 Å². The first-order chi connectivity index (χ1) is 22.5. The van der Waals surface area contributed by atoms with Crippen LogP contribution in [0.25, 0.3) is 33.4 Å². The third-order valence-corrected chi connectivity index (χ3v) is 8.12. The van der Waals surface area contributed by atoms with E-state index in [1.54, 1.807) is 78.9 Å². The van der Waals surface area contributed by atoms with Gasteiger partial charge in [-0.1, -0.05) is 36.4 Å². The number of carbonyl (C=O) groups excluding carboxylic acids is 2. The van der Waals surface area contributed by atoms with Crippen LogP contribution in [0.4, 0.5) is 0 Å². The minimum absolute atomic E-state index is 0.146. The molecule has 0 aliphatic heterocycles. The van der Waals surface area contributed by atoms with Crippen LogP contribution in [-0.4, -0.2) is 21.5 Å². The molecule has 3 aromatic carbocycles. The molecule has 2 aliphatic rings. The lowest BCUT2D eigenvalue weighted by molar-refractivity contribution is 0.102. The van der Waals surface area contributed by atoms with Crippen LogP contribution >= 0.6 is 0 Å². The van der Waals surface area contributed by atoms with Gasteiger partial charge in [0.1, 0.15) is 46.8 Å². The number of pyridine rings is 2. The lowest BCUT2D eigenvalue weighted by Gasteiger charge is -2.08. The van der Waals surface area contributed by atoms with E-state index in [1.807, 2.05) is 30.3 Å². The molecule has 0 N–H and O–H groups in total. The fraction of sp³-hybridized carbons (Fsp3) is 0. The fourth-order valence-electron chi connectivity index (χ4n) is 6.11. The summed E-state index contributed by atoms with van der Waals surface area (Å²) in [4.78, 5) is 34.9. The van der Waals surface area contributed by atoms with E-state index < -0.39 is 0 Å². The Morgan fingerprint density at radius 3 is 1.22 bits per heavy atom. The van der Waals surface area contributed by atoms with Gasteiger partial charge in [0.15, 0.2) is 0 Å². The van der Waals surface area contributed by atoms with Crippen molar-refractivity contribution in [3.63, 3.8) is 0 Å². The summed E-state index contributed by atoms with van der Waals surface area (Å²) in [6.45, 7) is 0. The Labute approximate surface area is 262 Å². The highest BCUT2D eigenvalue weighted by Gasteiger charge is 2.34. The van der Waals surface area contributed by atoms with Crippen molar-refractivity contribution in [2.45, 2.75) is 0 Å². The Hall–Kier alpha value is -7.26. The van der Waals surface area contributed by atoms with Crippen molar-refractivity contribution in [1.82, 2.24) is 9.97 Å². The minimum Gasteiger partial charge on any atom is -0.287 e. The standard InChI is InChI=1S/C38H16N6O2/c39-17-23(18-40)35-29-13-21(37(45)33-5-1-3-11-43-33)7-9-25(29)27-15-28-26-10-8-22(38(46)34-6-2-4-12-44-34)14-30(26)36(24(19-41)20-42)32(28)16-31(27)35/h1-16H. The minimum atomic E-state index is -0.306. The van der Waals surface area contributed by atoms with Gasteiger partial charge < -0.3 is 0 Å². The lowest BCUT2D eigenvalue weighted by atomic mass is 9.92. The first kappa shape index (κ1) is 27.6. The van der Waals surface area contributed by atoms with Crippen molar-refractivity contribution in [3.05, 3.63) is 153 Å². The molecule has 0 atom stereocenters. The first-order valence-electron chi connectivity index (χ1n) is 14.0. The number of fused-ring (bicyclic) bond motifs is 6. The summed E-state index contributed by atoms with van der Waals surface area (Å²) in [5, 5.41) is 39.9. The summed E-state index contributed by atoms with van der Waals surface area (Å²) in [7, 11) is 0. The molecule has 0 saturated heterocycles. The molecule has 0 saturated carbocycles. The second-order valence-electron chi connectivity index (χ2n) is 10.5. The molecular formula is C38H16N6O2. The number of ketones is 2. The molecule has 210 valence electrons. The number of aromatic nitrogens is 2. The van der Waals surface area contributed by atoms with Gasteiger partial charge in [0.2, 0.25) is 11.6 Å². The van der Waals surface area contributed by atoms with Crippen molar-refractivity contribution in [2.75, 3.05) is 0 Å². The zero-order chi connectivity index (χ0) is 31.9. The van der Waals surface area contributed by atoms with E-state index in [4.69, 9.17) is 0 Å². The third kappa shape index (κ3) is 4.12. The van der Waals surface area contributed by atoms with Crippen LogP contribution in [0.2, 0.25) is 0 Å². The maximum absolute atomic E-state index is 13.3. The largest absolute Gasteiger partial charge is 0.287 e. The van der Waals surface area contributed by atoms with Crippen LogP contribution in [0, 0.1) is 45.3 Å². The number of rotatable bonds is 4. The van der Waals surface area contributed by atoms with Crippen LogP contribution in [0.1, 0.15) is 54.4 Å². The summed E-state index contributed by atoms with van der Waals surface area (Å²) in [5.74, 6) is -0.612. The van der Waals surface area contributed by atoms with E-state index in [-0.39, 0.29) is 34.1 Å². The number of hydrogen-bond donors (Lipinski definition) is 0. The highest BCUT2D eigenvalue weighted by Crippen LogP contribution is 2.53. The zero-order valence-corrected chi connectivity index (χ0v) is 23.7. The molecule has 8 heteroatoms. The number of allylic oxidation sites excluding steroid dienone is 2. The van der Waals surface area contributed by atoms with Gasteiger partial charge in [-0.25, -0.2) is 0 Å². The molecule has 0 spiro atoms. The Balaban J connectivity index is 1.45. The zero-order valence-electron chi connectivity index (χ0n) is 23.7. The predicted octanol–water partition coefficient (Wildman–Crippen LogP) is 6.60. The molecule has 2 aliphatic carbocycles. The summed E-state index contributed by atoms with van der Waals surface area (Å²) in [5.41, 5.74) is 6.70. The first-order valence-corrected chi connectivity index (χ1v) is 14.0. The Kier molecular flexibility index (Phi) is 6.46. The van der Waals surface area contributed by atoms with Gasteiger partial charge in [0.05, 0.1) is 0 Å². The van der Waals surface area contributed by atoms with Crippen molar-refractivity contribution in [1.29, 1.82) is 21.0 Å². The maximum Gasteiger partial charge on any atom is 0.211 e. The highest BCUT2D eigenvalue weighted by atomic mass is 16.1. The SMILES string of the molecule is N#CC(C#N)=C1c2cc(C(=O)c3ccccn3)ccc2-c2cc3c(cc21)C(=C(C#N)C#N)c1cc(C(=O)c2ccccn2)ccc1-3. The lowest BCUT2D eigenvalue weighted by Crippen LogP contribution is -2.04. The predicted molar refractivity (Wildman–Crippen MR) is 167 cm³/mol. The van der Waals surface area contributed by atoms with Gasteiger partial charge in [0, 0.05) is 34.7 Å². The second-order valence-corrected chi connectivity index (χ2v) is 10.5. The summed E-state index contributed by atoms with van der Waals surface area (Å²) >= 11 is 0. The maximum atomic E-state index is 13.3. The van der Waals surface area contributed by atoms with E-state index in [0.717, 1.165) is 22.3 Å². The van der Waals surface area contributed by atoms with E-state index in [0.29, 0.717) is 44.5 Å². The average Bonchev–Trinajstić information content (AvgIpc) is 3.60. The third-order valence-electron chi connectivity index (χ3n) is 8.12. The fourth-order valence-corrected chi connectivity index (χ4v) is 6.11. The van der Waals surface area contributed by atoms with E-state index in [2.05, 4.69) is 9.97 Å². The number of carbonyl (C=O) groups is 2. The normalized spacial score (nSPS) is 11.5. The van der Waals surface area contributed by atoms with Gasteiger partial charge in [0.25, 0.3) is 0 Å². The average molecular weight is 589 g/mol. The van der Waals surface area contributed by atoms with Crippen molar-refractivity contribution in [2.24, 2.45) is 0 Å². The Bertz CT molecular complexity index is 2230. The van der Waals surface area contributed by atoms with Crippen molar-refractivity contribution >= 4 is 22.7 Å². The molecule has 0 fully saturated rings. The van der Waals surface area contributed by atoms with Gasteiger partial charge in [-0.15, -0.1) is 0 Å². The monoisotopic (exact) mass is 588 g/mol. The van der Waals surface area contributed by atoms with Gasteiger partial charge in [-0.3, -0.25) is 19.6 Å². The Morgan fingerprint density at radius 2 is 0.848 bits per heavy atom. The molecule has 2 heterocycles. The number of nitriles is 4. The topological polar surface area (TPSA) is 155 Å². The van der Waals surface area contributed by atoms with E-state index in [9.17, 15) is 30.6 Å². The molecular weight excluding hydrogens is 572 g/mol. The van der Waals surface area contributed by atoms with Crippen LogP contribution in [0.15, 0.2) is 108 Å². The molecule has 5 aromatic rings. The van der Waals surface area contributed by atoms with Gasteiger partial charge in [-0.2, -0.15) is 21.0 Å². The molecule has 7 rings (SSSR count). The molecule has 0 radical (unpaired) electrons.